The number of carbonyl (C=O) groups excluding carboxylic acids is 1. The van der Waals surface area contributed by atoms with E-state index in [-0.39, 0.29) is 23.6 Å². The van der Waals surface area contributed by atoms with Crippen molar-refractivity contribution in [2.75, 3.05) is 13.1 Å². The minimum Gasteiger partial charge on any atom is -0.349 e. The van der Waals surface area contributed by atoms with Crippen molar-refractivity contribution in [2.45, 2.75) is 44.9 Å². The third-order valence-corrected chi connectivity index (χ3v) is 8.34. The summed E-state index contributed by atoms with van der Waals surface area (Å²) in [6, 6.07) is 13.0. The first kappa shape index (κ1) is 24.1. The van der Waals surface area contributed by atoms with Crippen LogP contribution in [-0.2, 0) is 20.6 Å². The number of halogens is 2. The zero-order chi connectivity index (χ0) is 22.6. The SMILES string of the molecule is CC[C@@H](NC(=O)C1CCN(S(=O)(=O)Cc2ccc(Cl)c(Cl)c2)CC1)c1ccc(C)cc1. The molecular weight excluding hydrogens is 455 g/mol. The Bertz CT molecular complexity index is 1020. The molecule has 2 aromatic rings. The summed E-state index contributed by atoms with van der Waals surface area (Å²) in [7, 11) is -3.49. The molecular formula is C23H28Cl2N2O3S. The first-order valence-corrected chi connectivity index (χ1v) is 12.8. The van der Waals surface area contributed by atoms with E-state index in [1.807, 2.05) is 38.1 Å². The number of carbonyl (C=O) groups is 1. The molecule has 0 bridgehead atoms. The number of hydrogen-bond acceptors (Lipinski definition) is 3. The molecule has 0 aliphatic carbocycles. The van der Waals surface area contributed by atoms with Gasteiger partial charge < -0.3 is 5.32 Å². The second kappa shape index (κ2) is 10.3. The van der Waals surface area contributed by atoms with E-state index in [0.717, 1.165) is 12.0 Å². The molecule has 1 fully saturated rings. The predicted molar refractivity (Wildman–Crippen MR) is 126 cm³/mol. The average molecular weight is 483 g/mol. The lowest BCUT2D eigenvalue weighted by Crippen LogP contribution is -2.44. The molecule has 5 nitrogen and oxygen atoms in total. The quantitative estimate of drug-likeness (QED) is 0.595. The van der Waals surface area contributed by atoms with Crippen LogP contribution in [-0.4, -0.2) is 31.7 Å². The van der Waals surface area contributed by atoms with E-state index in [4.69, 9.17) is 23.2 Å². The van der Waals surface area contributed by atoms with E-state index in [1.165, 1.54) is 9.87 Å². The third kappa shape index (κ3) is 6.22. The summed E-state index contributed by atoms with van der Waals surface area (Å²) in [5.74, 6) is -0.323. The molecule has 0 saturated carbocycles. The number of aryl methyl sites for hydroxylation is 1. The highest BCUT2D eigenvalue weighted by molar-refractivity contribution is 7.88. The lowest BCUT2D eigenvalue weighted by atomic mass is 9.95. The molecule has 1 atom stereocenters. The third-order valence-electron chi connectivity index (χ3n) is 5.76. The van der Waals surface area contributed by atoms with E-state index in [2.05, 4.69) is 5.32 Å². The Kier molecular flexibility index (Phi) is 8.03. The van der Waals surface area contributed by atoms with Crippen LogP contribution in [0.4, 0.5) is 0 Å². The molecule has 1 amide bonds. The van der Waals surface area contributed by atoms with Crippen LogP contribution in [0.5, 0.6) is 0 Å². The molecule has 0 unspecified atom stereocenters. The standard InChI is InChI=1S/C23H28Cl2N2O3S/c1-3-22(18-7-4-16(2)5-8-18)26-23(28)19-10-12-27(13-11-19)31(29,30)15-17-6-9-20(24)21(25)14-17/h4-9,14,19,22H,3,10-13,15H2,1-2H3,(H,26,28)/t22-/m1/s1. The van der Waals surface area contributed by atoms with Gasteiger partial charge in [-0.3, -0.25) is 4.79 Å². The lowest BCUT2D eigenvalue weighted by molar-refractivity contribution is -0.126. The maximum absolute atomic E-state index is 12.8. The molecule has 168 valence electrons. The molecule has 1 N–H and O–H groups in total. The fourth-order valence-corrected chi connectivity index (χ4v) is 5.71. The van der Waals surface area contributed by atoms with Gasteiger partial charge in [0.2, 0.25) is 15.9 Å². The van der Waals surface area contributed by atoms with E-state index >= 15 is 0 Å². The summed E-state index contributed by atoms with van der Waals surface area (Å²) in [6.07, 6.45) is 1.82. The van der Waals surface area contributed by atoms with Crippen molar-refractivity contribution >= 4 is 39.1 Å². The second-order valence-corrected chi connectivity index (χ2v) is 10.8. The van der Waals surface area contributed by atoms with Crippen LogP contribution in [0, 0.1) is 12.8 Å². The zero-order valence-electron chi connectivity index (χ0n) is 17.8. The number of nitrogens with zero attached hydrogens (tertiary/aromatic N) is 1. The number of hydrogen-bond donors (Lipinski definition) is 1. The molecule has 0 radical (unpaired) electrons. The summed E-state index contributed by atoms with van der Waals surface area (Å²) in [4.78, 5) is 12.8. The number of amides is 1. The van der Waals surface area contributed by atoms with Gasteiger partial charge in [-0.25, -0.2) is 12.7 Å². The van der Waals surface area contributed by atoms with E-state index in [9.17, 15) is 13.2 Å². The number of benzene rings is 2. The number of rotatable bonds is 7. The van der Waals surface area contributed by atoms with Gasteiger partial charge in [0.05, 0.1) is 21.8 Å². The number of sulfonamides is 1. The van der Waals surface area contributed by atoms with Crippen LogP contribution >= 0.6 is 23.2 Å². The van der Waals surface area contributed by atoms with Gasteiger partial charge >= 0.3 is 0 Å². The van der Waals surface area contributed by atoms with Crippen molar-refractivity contribution in [3.05, 3.63) is 69.2 Å². The Morgan fingerprint density at radius 2 is 1.74 bits per heavy atom. The predicted octanol–water partition coefficient (Wildman–Crippen LogP) is 5.11. The van der Waals surface area contributed by atoms with Crippen LogP contribution in [0.2, 0.25) is 10.0 Å². The van der Waals surface area contributed by atoms with Gasteiger partial charge in [-0.1, -0.05) is 66.0 Å². The van der Waals surface area contributed by atoms with Crippen LogP contribution in [0.25, 0.3) is 0 Å². The molecule has 1 aliphatic heterocycles. The van der Waals surface area contributed by atoms with Crippen molar-refractivity contribution in [3.63, 3.8) is 0 Å². The maximum atomic E-state index is 12.8. The smallest absolute Gasteiger partial charge is 0.223 e. The highest BCUT2D eigenvalue weighted by Gasteiger charge is 2.32. The van der Waals surface area contributed by atoms with E-state index in [1.54, 1.807) is 18.2 Å². The zero-order valence-corrected chi connectivity index (χ0v) is 20.1. The van der Waals surface area contributed by atoms with Crippen molar-refractivity contribution in [2.24, 2.45) is 5.92 Å². The summed E-state index contributed by atoms with van der Waals surface area (Å²) >= 11 is 11.9. The summed E-state index contributed by atoms with van der Waals surface area (Å²) in [5, 5.41) is 3.87. The minimum atomic E-state index is -3.49. The van der Waals surface area contributed by atoms with Crippen molar-refractivity contribution in [3.8, 4) is 0 Å². The summed E-state index contributed by atoms with van der Waals surface area (Å²) in [5.41, 5.74) is 2.86. The van der Waals surface area contributed by atoms with Crippen molar-refractivity contribution < 1.29 is 13.2 Å². The Morgan fingerprint density at radius 1 is 1.10 bits per heavy atom. The van der Waals surface area contributed by atoms with Gasteiger partial charge in [-0.2, -0.15) is 0 Å². The largest absolute Gasteiger partial charge is 0.349 e. The topological polar surface area (TPSA) is 66.5 Å². The van der Waals surface area contributed by atoms with Crippen LogP contribution in [0.15, 0.2) is 42.5 Å². The molecule has 1 heterocycles. The Hall–Kier alpha value is -1.60. The summed E-state index contributed by atoms with van der Waals surface area (Å²) < 4.78 is 27.1. The highest BCUT2D eigenvalue weighted by atomic mass is 35.5. The van der Waals surface area contributed by atoms with Gasteiger partial charge in [0, 0.05) is 19.0 Å². The van der Waals surface area contributed by atoms with Gasteiger partial charge in [0.1, 0.15) is 0 Å². The Morgan fingerprint density at radius 3 is 2.32 bits per heavy atom. The minimum absolute atomic E-state index is 0.00560. The van der Waals surface area contributed by atoms with E-state index in [0.29, 0.717) is 41.5 Å². The Labute approximate surface area is 194 Å². The second-order valence-electron chi connectivity index (χ2n) is 8.06. The monoisotopic (exact) mass is 482 g/mol. The average Bonchev–Trinajstić information content (AvgIpc) is 2.75. The van der Waals surface area contributed by atoms with Crippen LogP contribution < -0.4 is 5.32 Å². The summed E-state index contributed by atoms with van der Waals surface area (Å²) in [6.45, 7) is 4.75. The fraction of sp³-hybridized carbons (Fsp3) is 0.435. The van der Waals surface area contributed by atoms with Crippen molar-refractivity contribution in [1.82, 2.24) is 9.62 Å². The van der Waals surface area contributed by atoms with Crippen LogP contribution in [0.1, 0.15) is 48.9 Å². The molecule has 3 rings (SSSR count). The Balaban J connectivity index is 1.57. The fourth-order valence-electron chi connectivity index (χ4n) is 3.84. The normalized spacial score (nSPS) is 16.8. The first-order valence-electron chi connectivity index (χ1n) is 10.5. The van der Waals surface area contributed by atoms with Gasteiger partial charge in [0.25, 0.3) is 0 Å². The maximum Gasteiger partial charge on any atom is 0.223 e. The number of nitrogens with one attached hydrogen (secondary N) is 1. The molecule has 1 saturated heterocycles. The first-order chi connectivity index (χ1) is 14.7. The lowest BCUT2D eigenvalue weighted by Gasteiger charge is -2.31. The van der Waals surface area contributed by atoms with Crippen LogP contribution in [0.3, 0.4) is 0 Å². The molecule has 0 aromatic heterocycles. The van der Waals surface area contributed by atoms with Gasteiger partial charge in [-0.15, -0.1) is 0 Å². The van der Waals surface area contributed by atoms with Gasteiger partial charge in [-0.05, 0) is 49.4 Å². The number of piperidine rings is 1. The van der Waals surface area contributed by atoms with Gasteiger partial charge in [0.15, 0.2) is 0 Å². The van der Waals surface area contributed by atoms with Crippen molar-refractivity contribution in [1.29, 1.82) is 0 Å². The molecule has 2 aromatic carbocycles. The molecule has 8 heteroatoms. The molecule has 31 heavy (non-hydrogen) atoms. The molecule has 1 aliphatic rings. The molecule has 0 spiro atoms. The highest BCUT2D eigenvalue weighted by Crippen LogP contribution is 2.27. The van der Waals surface area contributed by atoms with E-state index < -0.39 is 10.0 Å².